The minimum absolute atomic E-state index is 0.217. The van der Waals surface area contributed by atoms with E-state index in [1.807, 2.05) is 0 Å². The normalized spacial score (nSPS) is 23.0. The van der Waals surface area contributed by atoms with Gasteiger partial charge in [0.2, 0.25) is 0 Å². The Balaban J connectivity index is 2.61. The van der Waals surface area contributed by atoms with Crippen molar-refractivity contribution in [1.82, 2.24) is 9.80 Å². The molecule has 1 saturated heterocycles. The van der Waals surface area contributed by atoms with Gasteiger partial charge in [-0.25, -0.2) is 0 Å². The maximum atomic E-state index is 8.97. The van der Waals surface area contributed by atoms with Crippen LogP contribution in [-0.2, 0) is 0 Å². The molecule has 18 heavy (non-hydrogen) atoms. The number of aliphatic hydroxyl groups is 1. The van der Waals surface area contributed by atoms with E-state index in [2.05, 4.69) is 37.5 Å². The molecule has 0 aromatic heterocycles. The van der Waals surface area contributed by atoms with Gasteiger partial charge >= 0.3 is 0 Å². The molecule has 108 valence electrons. The minimum atomic E-state index is 0.217. The average molecular weight is 257 g/mol. The standard InChI is InChI=1S/C14H31N3O/c1-5-12(15)13(14(2,3)4)17-8-6-16(7-9-17)10-11-18/h12-13,18H,5-11,15H2,1-4H3. The number of piperazine rings is 1. The van der Waals surface area contributed by atoms with E-state index in [0.29, 0.717) is 6.04 Å². The molecule has 3 N–H and O–H groups in total. The third-order valence-electron chi connectivity index (χ3n) is 3.98. The lowest BCUT2D eigenvalue weighted by Crippen LogP contribution is -2.60. The Bertz CT molecular complexity index is 232. The number of hydrogen-bond acceptors (Lipinski definition) is 4. The lowest BCUT2D eigenvalue weighted by atomic mass is 9.80. The summed E-state index contributed by atoms with van der Waals surface area (Å²) in [5.74, 6) is 0. The van der Waals surface area contributed by atoms with E-state index in [4.69, 9.17) is 10.8 Å². The van der Waals surface area contributed by atoms with Crippen LogP contribution in [0.4, 0.5) is 0 Å². The predicted octanol–water partition coefficient (Wildman–Crippen LogP) is 0.748. The van der Waals surface area contributed by atoms with E-state index in [9.17, 15) is 0 Å². The van der Waals surface area contributed by atoms with Crippen LogP contribution in [0, 0.1) is 5.41 Å². The largest absolute Gasteiger partial charge is 0.395 e. The van der Waals surface area contributed by atoms with E-state index in [-0.39, 0.29) is 18.1 Å². The molecule has 0 aromatic rings. The SMILES string of the molecule is CCC(N)C(N1CCN(CCO)CC1)C(C)(C)C. The quantitative estimate of drug-likeness (QED) is 0.763. The highest BCUT2D eigenvalue weighted by Crippen LogP contribution is 2.28. The zero-order valence-electron chi connectivity index (χ0n) is 12.5. The third kappa shape index (κ3) is 4.19. The molecule has 0 aliphatic carbocycles. The number of nitrogens with zero attached hydrogens (tertiary/aromatic N) is 2. The van der Waals surface area contributed by atoms with Crippen LogP contribution in [0.15, 0.2) is 0 Å². The Kier molecular flexibility index (Phi) is 6.05. The van der Waals surface area contributed by atoms with Gasteiger partial charge in [-0.15, -0.1) is 0 Å². The Morgan fingerprint density at radius 2 is 1.72 bits per heavy atom. The zero-order valence-corrected chi connectivity index (χ0v) is 12.5. The van der Waals surface area contributed by atoms with Crippen LogP contribution in [0.5, 0.6) is 0 Å². The van der Waals surface area contributed by atoms with Gasteiger partial charge in [-0.2, -0.15) is 0 Å². The second kappa shape index (κ2) is 6.85. The van der Waals surface area contributed by atoms with Crippen LogP contribution in [0.2, 0.25) is 0 Å². The Labute approximate surface area is 112 Å². The lowest BCUT2D eigenvalue weighted by molar-refractivity contribution is 0.0267. The van der Waals surface area contributed by atoms with Gasteiger partial charge in [0.05, 0.1) is 6.61 Å². The summed E-state index contributed by atoms with van der Waals surface area (Å²) < 4.78 is 0. The summed E-state index contributed by atoms with van der Waals surface area (Å²) in [4.78, 5) is 4.87. The first-order valence-corrected chi connectivity index (χ1v) is 7.23. The van der Waals surface area contributed by atoms with Gasteiger partial charge in [0.25, 0.3) is 0 Å². The van der Waals surface area contributed by atoms with Gasteiger partial charge in [-0.3, -0.25) is 9.80 Å². The molecule has 4 nitrogen and oxygen atoms in total. The van der Waals surface area contributed by atoms with Crippen LogP contribution < -0.4 is 5.73 Å². The van der Waals surface area contributed by atoms with E-state index >= 15 is 0 Å². The molecule has 1 heterocycles. The molecule has 2 unspecified atom stereocenters. The summed E-state index contributed by atoms with van der Waals surface area (Å²) in [7, 11) is 0. The Morgan fingerprint density at radius 1 is 1.17 bits per heavy atom. The van der Waals surface area contributed by atoms with Gasteiger partial charge in [-0.05, 0) is 11.8 Å². The van der Waals surface area contributed by atoms with Crippen LogP contribution in [0.1, 0.15) is 34.1 Å². The topological polar surface area (TPSA) is 52.7 Å². The monoisotopic (exact) mass is 257 g/mol. The molecular formula is C14H31N3O. The van der Waals surface area contributed by atoms with Crippen molar-refractivity contribution in [2.45, 2.75) is 46.2 Å². The van der Waals surface area contributed by atoms with E-state index in [0.717, 1.165) is 39.1 Å². The van der Waals surface area contributed by atoms with Crippen LogP contribution >= 0.6 is 0 Å². The maximum Gasteiger partial charge on any atom is 0.0558 e. The first-order chi connectivity index (χ1) is 8.40. The summed E-state index contributed by atoms with van der Waals surface area (Å²) in [6, 6.07) is 0.688. The summed E-state index contributed by atoms with van der Waals surface area (Å²) in [5.41, 5.74) is 6.55. The number of nitrogens with two attached hydrogens (primary N) is 1. The molecule has 0 aromatic carbocycles. The second-order valence-electron chi connectivity index (χ2n) is 6.48. The van der Waals surface area contributed by atoms with E-state index in [1.54, 1.807) is 0 Å². The first-order valence-electron chi connectivity index (χ1n) is 7.23. The fourth-order valence-corrected chi connectivity index (χ4v) is 3.09. The van der Waals surface area contributed by atoms with Crippen molar-refractivity contribution < 1.29 is 5.11 Å². The number of rotatable bonds is 5. The number of hydrogen-bond donors (Lipinski definition) is 2. The van der Waals surface area contributed by atoms with Crippen molar-refractivity contribution in [3.05, 3.63) is 0 Å². The highest BCUT2D eigenvalue weighted by atomic mass is 16.3. The summed E-state index contributed by atoms with van der Waals surface area (Å²) in [6.45, 7) is 14.3. The Hall–Kier alpha value is -0.160. The van der Waals surface area contributed by atoms with Crippen LogP contribution in [-0.4, -0.2) is 66.3 Å². The van der Waals surface area contributed by atoms with Crippen molar-refractivity contribution in [1.29, 1.82) is 0 Å². The fraction of sp³-hybridized carbons (Fsp3) is 1.00. The fourth-order valence-electron chi connectivity index (χ4n) is 3.09. The molecule has 0 amide bonds. The first kappa shape index (κ1) is 15.9. The van der Waals surface area contributed by atoms with Gasteiger partial charge in [0, 0.05) is 44.8 Å². The van der Waals surface area contributed by atoms with Gasteiger partial charge in [-0.1, -0.05) is 27.7 Å². The summed E-state index contributed by atoms with van der Waals surface area (Å²) in [6.07, 6.45) is 1.03. The van der Waals surface area contributed by atoms with E-state index in [1.165, 1.54) is 0 Å². The minimum Gasteiger partial charge on any atom is -0.395 e. The van der Waals surface area contributed by atoms with Gasteiger partial charge in [0.15, 0.2) is 0 Å². The second-order valence-corrected chi connectivity index (χ2v) is 6.48. The molecule has 2 atom stereocenters. The smallest absolute Gasteiger partial charge is 0.0558 e. The van der Waals surface area contributed by atoms with Crippen molar-refractivity contribution in [3.8, 4) is 0 Å². The molecule has 4 heteroatoms. The van der Waals surface area contributed by atoms with Gasteiger partial charge in [0.1, 0.15) is 0 Å². The molecule has 1 aliphatic rings. The molecule has 0 bridgehead atoms. The molecule has 1 aliphatic heterocycles. The summed E-state index contributed by atoms with van der Waals surface area (Å²) in [5, 5.41) is 8.97. The summed E-state index contributed by atoms with van der Waals surface area (Å²) >= 11 is 0. The van der Waals surface area contributed by atoms with E-state index < -0.39 is 0 Å². The van der Waals surface area contributed by atoms with Crippen LogP contribution in [0.25, 0.3) is 0 Å². The highest BCUT2D eigenvalue weighted by Gasteiger charge is 2.35. The molecule has 1 rings (SSSR count). The predicted molar refractivity (Wildman–Crippen MR) is 76.6 cm³/mol. The lowest BCUT2D eigenvalue weighted by Gasteiger charge is -2.47. The third-order valence-corrected chi connectivity index (χ3v) is 3.98. The van der Waals surface area contributed by atoms with Crippen molar-refractivity contribution in [3.63, 3.8) is 0 Å². The number of β-amino-alcohol motifs (C(OH)–C–C–N with tert-alkyl or cyclic N) is 1. The van der Waals surface area contributed by atoms with Crippen molar-refractivity contribution in [2.24, 2.45) is 11.1 Å². The molecular weight excluding hydrogens is 226 g/mol. The molecule has 0 radical (unpaired) electrons. The van der Waals surface area contributed by atoms with Crippen molar-refractivity contribution >= 4 is 0 Å². The molecule has 1 fully saturated rings. The van der Waals surface area contributed by atoms with Crippen molar-refractivity contribution in [2.75, 3.05) is 39.3 Å². The molecule has 0 spiro atoms. The molecule has 0 saturated carbocycles. The number of aliphatic hydroxyl groups excluding tert-OH is 1. The zero-order chi connectivity index (χ0) is 13.8. The average Bonchev–Trinajstić information content (AvgIpc) is 2.30. The van der Waals surface area contributed by atoms with Gasteiger partial charge < -0.3 is 10.8 Å². The van der Waals surface area contributed by atoms with Crippen LogP contribution in [0.3, 0.4) is 0 Å². The highest BCUT2D eigenvalue weighted by molar-refractivity contribution is 4.92. The maximum absolute atomic E-state index is 8.97. The Morgan fingerprint density at radius 3 is 2.11 bits per heavy atom.